The van der Waals surface area contributed by atoms with Crippen molar-refractivity contribution in [2.45, 2.75) is 0 Å². The van der Waals surface area contributed by atoms with Gasteiger partial charge in [0, 0.05) is 38.6 Å². The lowest BCUT2D eigenvalue weighted by atomic mass is 9.64. The zero-order valence-corrected chi connectivity index (χ0v) is 37.1. The lowest BCUT2D eigenvalue weighted by Gasteiger charge is -2.19. The van der Waals surface area contributed by atoms with Crippen molar-refractivity contribution >= 4 is 137 Å². The highest BCUT2D eigenvalue weighted by Gasteiger charge is 2.26. The maximum Gasteiger partial charge on any atom is 0.141 e. The lowest BCUT2D eigenvalue weighted by molar-refractivity contribution is 1.18. The molecule has 9 aromatic carbocycles. The molecule has 0 saturated heterocycles. The molecule has 0 unspecified atom stereocenters. The van der Waals surface area contributed by atoms with Gasteiger partial charge >= 0.3 is 0 Å². The Morgan fingerprint density at radius 3 is 1.48 bits per heavy atom. The fourth-order valence-electron chi connectivity index (χ4n) is 10.7. The van der Waals surface area contributed by atoms with Crippen molar-refractivity contribution in [3.05, 3.63) is 176 Å². The van der Waals surface area contributed by atoms with Crippen LogP contribution in [0.5, 0.6) is 0 Å². The second-order valence-corrected chi connectivity index (χ2v) is 17.5. The molecular formula is C54H43B7N2. The Balaban J connectivity index is 1.19. The third-order valence-electron chi connectivity index (χ3n) is 14.2. The Morgan fingerprint density at radius 2 is 0.810 bits per heavy atom. The van der Waals surface area contributed by atoms with E-state index in [1.54, 1.807) is 0 Å². The molecular weight excluding hydrogens is 752 g/mol. The van der Waals surface area contributed by atoms with Crippen LogP contribution in [0.15, 0.2) is 176 Å². The molecule has 0 aliphatic heterocycles. The predicted octanol–water partition coefficient (Wildman–Crippen LogP) is 2.36. The number of fused-ring (bicyclic) bond motifs is 6. The lowest BCUT2D eigenvalue weighted by Crippen LogP contribution is -2.48. The zero-order valence-electron chi connectivity index (χ0n) is 37.1. The standard InChI is InChI=1S/C54H43B7N2/c55-46-42(47(56)51(60)53-44(46)45-48(57)49(58)50(59)52(61)54(45)63(53)37-19-10-18-34(28-37)31-14-6-2-7-15-31)35-24-27-40-39(29-35)43-38(33-16-8-3-9-17-33)20-11-21-41(43)62(40)36-25-22-32(23-26-36)30-12-4-1-5-13-30/h1-29H,55-61H2. The zero-order chi connectivity index (χ0) is 43.1. The molecule has 2 aromatic heterocycles. The SMILES string of the molecule is Bc1c(B)c(B)c2c(c1B)c1c(B)c(-c3ccc4c(c3)c3c(-c5ccccc5)cccc3n4-c3ccc(-c4ccccc4)cc3)c(B)c(B)c1n2-c1cccc(-c2ccccc2)c1. The largest absolute Gasteiger partial charge is 0.310 e. The third kappa shape index (κ3) is 6.04. The minimum absolute atomic E-state index is 1.15. The first-order chi connectivity index (χ1) is 30.7. The molecule has 2 nitrogen and oxygen atoms in total. The van der Waals surface area contributed by atoms with Gasteiger partial charge in [0.1, 0.15) is 54.9 Å². The first-order valence-electron chi connectivity index (χ1n) is 22.2. The van der Waals surface area contributed by atoms with E-state index in [1.165, 1.54) is 132 Å². The van der Waals surface area contributed by atoms with Crippen molar-refractivity contribution < 1.29 is 0 Å². The van der Waals surface area contributed by atoms with E-state index in [4.69, 9.17) is 0 Å². The van der Waals surface area contributed by atoms with Gasteiger partial charge in [-0.1, -0.05) is 166 Å². The van der Waals surface area contributed by atoms with E-state index < -0.39 is 0 Å². The van der Waals surface area contributed by atoms with Crippen molar-refractivity contribution in [1.82, 2.24) is 9.13 Å². The molecule has 0 radical (unpaired) electrons. The van der Waals surface area contributed by atoms with E-state index in [0.29, 0.717) is 0 Å². The summed E-state index contributed by atoms with van der Waals surface area (Å²) >= 11 is 0. The van der Waals surface area contributed by atoms with Gasteiger partial charge in [-0.3, -0.25) is 0 Å². The van der Waals surface area contributed by atoms with Gasteiger partial charge in [0.15, 0.2) is 0 Å². The first-order valence-corrected chi connectivity index (χ1v) is 22.2. The summed E-state index contributed by atoms with van der Waals surface area (Å²) in [5.74, 6) is 0. The molecule has 0 fully saturated rings. The summed E-state index contributed by atoms with van der Waals surface area (Å²) in [6.07, 6.45) is 0. The molecule has 0 saturated carbocycles. The Bertz CT molecular complexity index is 3620. The molecule has 0 N–H and O–H groups in total. The van der Waals surface area contributed by atoms with E-state index in [9.17, 15) is 0 Å². The highest BCUT2D eigenvalue weighted by molar-refractivity contribution is 6.69. The van der Waals surface area contributed by atoms with Gasteiger partial charge in [-0.2, -0.15) is 0 Å². The molecule has 9 heteroatoms. The van der Waals surface area contributed by atoms with Crippen molar-refractivity contribution in [3.63, 3.8) is 0 Å². The summed E-state index contributed by atoms with van der Waals surface area (Å²) in [5.41, 5.74) is 26.6. The van der Waals surface area contributed by atoms with Gasteiger partial charge < -0.3 is 9.13 Å². The summed E-state index contributed by atoms with van der Waals surface area (Å²) in [4.78, 5) is 0. The van der Waals surface area contributed by atoms with Crippen LogP contribution in [0.2, 0.25) is 0 Å². The van der Waals surface area contributed by atoms with Crippen LogP contribution in [0, 0.1) is 0 Å². The van der Waals surface area contributed by atoms with Gasteiger partial charge in [0.05, 0.1) is 11.0 Å². The molecule has 11 aromatic rings. The molecule has 290 valence electrons. The Labute approximate surface area is 375 Å². The van der Waals surface area contributed by atoms with E-state index in [2.05, 4.69) is 240 Å². The molecule has 2 heterocycles. The number of hydrogen-bond donors (Lipinski definition) is 0. The molecule has 63 heavy (non-hydrogen) atoms. The van der Waals surface area contributed by atoms with Gasteiger partial charge in [-0.25, -0.2) is 0 Å². The van der Waals surface area contributed by atoms with E-state index in [0.717, 1.165) is 5.69 Å². The molecule has 11 rings (SSSR count). The number of hydrogen-bond acceptors (Lipinski definition) is 0. The highest BCUT2D eigenvalue weighted by atomic mass is 15.0. The van der Waals surface area contributed by atoms with Crippen LogP contribution in [-0.2, 0) is 0 Å². The number of rotatable bonds is 6. The fraction of sp³-hybridized carbons (Fsp3) is 0. The normalized spacial score (nSPS) is 11.6. The van der Waals surface area contributed by atoms with Crippen molar-refractivity contribution in [2.75, 3.05) is 0 Å². The maximum absolute atomic E-state index is 2.58. The van der Waals surface area contributed by atoms with Crippen LogP contribution in [0.3, 0.4) is 0 Å². The van der Waals surface area contributed by atoms with E-state index in [-0.39, 0.29) is 0 Å². The van der Waals surface area contributed by atoms with Gasteiger partial charge in [-0.15, -0.1) is 5.46 Å². The molecule has 0 spiro atoms. The van der Waals surface area contributed by atoms with Crippen LogP contribution >= 0.6 is 0 Å². The van der Waals surface area contributed by atoms with Crippen molar-refractivity contribution in [2.24, 2.45) is 0 Å². The minimum atomic E-state index is 1.15. The van der Waals surface area contributed by atoms with Crippen LogP contribution < -0.4 is 38.2 Å². The van der Waals surface area contributed by atoms with Crippen LogP contribution in [-0.4, -0.2) is 64.1 Å². The van der Waals surface area contributed by atoms with Gasteiger partial charge in [0.2, 0.25) is 0 Å². The van der Waals surface area contributed by atoms with Crippen LogP contribution in [0.1, 0.15) is 0 Å². The second-order valence-electron chi connectivity index (χ2n) is 17.5. The Morgan fingerprint density at radius 1 is 0.286 bits per heavy atom. The van der Waals surface area contributed by atoms with Crippen molar-refractivity contribution in [1.29, 1.82) is 0 Å². The van der Waals surface area contributed by atoms with Gasteiger partial charge in [-0.05, 0) is 92.4 Å². The molecule has 0 bridgehead atoms. The van der Waals surface area contributed by atoms with E-state index in [1.807, 2.05) is 0 Å². The molecule has 0 aliphatic rings. The monoisotopic (exact) mass is 796 g/mol. The minimum Gasteiger partial charge on any atom is -0.310 e. The van der Waals surface area contributed by atoms with Crippen LogP contribution in [0.4, 0.5) is 0 Å². The molecule has 0 atom stereocenters. The third-order valence-corrected chi connectivity index (χ3v) is 14.2. The van der Waals surface area contributed by atoms with Crippen molar-refractivity contribution in [3.8, 4) is 55.9 Å². The number of aromatic nitrogens is 2. The summed E-state index contributed by atoms with van der Waals surface area (Å²) in [6, 6.07) is 64.4. The number of nitrogens with zero attached hydrogens (tertiary/aromatic N) is 2. The molecule has 0 aliphatic carbocycles. The van der Waals surface area contributed by atoms with Gasteiger partial charge in [0.25, 0.3) is 0 Å². The number of benzene rings is 9. The first kappa shape index (κ1) is 38.9. The maximum atomic E-state index is 2.58. The topological polar surface area (TPSA) is 9.86 Å². The highest BCUT2D eigenvalue weighted by Crippen LogP contribution is 2.41. The van der Waals surface area contributed by atoms with Crippen LogP contribution in [0.25, 0.3) is 99.5 Å². The average Bonchev–Trinajstić information content (AvgIpc) is 3.87. The fourth-order valence-corrected chi connectivity index (χ4v) is 10.7. The Kier molecular flexibility index (Phi) is 9.35. The summed E-state index contributed by atoms with van der Waals surface area (Å²) < 4.78 is 5.04. The summed E-state index contributed by atoms with van der Waals surface area (Å²) in [6.45, 7) is 0. The predicted molar refractivity (Wildman–Crippen MR) is 294 cm³/mol. The molecule has 0 amide bonds. The quantitative estimate of drug-likeness (QED) is 0.229. The smallest absolute Gasteiger partial charge is 0.141 e. The Hall–Kier alpha value is -6.97. The second kappa shape index (κ2) is 15.1. The van der Waals surface area contributed by atoms with E-state index >= 15 is 0 Å². The summed E-state index contributed by atoms with van der Waals surface area (Å²) in [7, 11) is 16.3. The summed E-state index contributed by atoms with van der Waals surface area (Å²) in [5, 5.41) is 5.24. The average molecular weight is 796 g/mol.